The van der Waals surface area contributed by atoms with Gasteiger partial charge in [-0.2, -0.15) is 0 Å². The van der Waals surface area contributed by atoms with Gasteiger partial charge in [0.25, 0.3) is 0 Å². The third kappa shape index (κ3) is 24.2. The maximum absolute atomic E-state index is 15.0. The van der Waals surface area contributed by atoms with Gasteiger partial charge in [-0.1, -0.05) is 192 Å². The molecule has 16 rings (SSSR count). The van der Waals surface area contributed by atoms with E-state index in [0.29, 0.717) is 94.5 Å². The SMILES string of the molecule is CCC1CCC(C2CCC(c3ccc(-c4cc(F)c(F)c(F)c4)c(F)c3F)CC2)CC1.CCCC1CCC(C2CCC(c3ccc(-c4cc(F)c(F)c(F)c4)c(F)c3F)CC2)CC1.CCCCC1CCC(C2CCC(c3ccc(-c4cc(F)c(F)c(F)c4)c(F)c3F)CC2)CC1.CCCCCC1CCC(C2CCC(c3ccc(-c4cc(F)c(F)c(F)c4)c(F)c3F)CC2)CC1. The second-order valence-electron chi connectivity index (χ2n) is 39.7. The Morgan fingerprint density at radius 1 is 0.185 bits per heavy atom. The van der Waals surface area contributed by atoms with E-state index in [1.807, 2.05) is 0 Å². The third-order valence-electron chi connectivity index (χ3n) is 32.2. The van der Waals surface area contributed by atoms with Crippen molar-refractivity contribution in [2.24, 2.45) is 71.0 Å². The minimum absolute atomic E-state index is 0.0477. The zero-order valence-electron chi connectivity index (χ0n) is 75.7. The van der Waals surface area contributed by atoms with Crippen molar-refractivity contribution >= 4 is 0 Å². The maximum atomic E-state index is 15.0. The lowest BCUT2D eigenvalue weighted by molar-refractivity contribution is 0.155. The minimum atomic E-state index is -1.62. The largest absolute Gasteiger partial charge is 0.204 e. The molecular formula is C110H128F20. The van der Waals surface area contributed by atoms with Crippen LogP contribution in [0, 0.1) is 187 Å². The van der Waals surface area contributed by atoms with Crippen LogP contribution in [-0.4, -0.2) is 0 Å². The van der Waals surface area contributed by atoms with Gasteiger partial charge in [0, 0.05) is 22.3 Å². The Labute approximate surface area is 756 Å². The van der Waals surface area contributed by atoms with Crippen LogP contribution in [-0.2, 0) is 0 Å². The van der Waals surface area contributed by atoms with E-state index in [-0.39, 0.29) is 68.2 Å². The topological polar surface area (TPSA) is 0 Å². The third-order valence-corrected chi connectivity index (χ3v) is 32.2. The van der Waals surface area contributed by atoms with Gasteiger partial charge in [0.15, 0.2) is 116 Å². The first-order valence-corrected chi connectivity index (χ1v) is 49.1. The molecule has 708 valence electrons. The maximum Gasteiger partial charge on any atom is 0.194 e. The normalized spacial score (nSPS) is 26.1. The summed E-state index contributed by atoms with van der Waals surface area (Å²) in [6.07, 6.45) is 49.0. The monoisotopic (exact) mass is 1830 g/mol. The van der Waals surface area contributed by atoms with Crippen LogP contribution in [0.1, 0.15) is 343 Å². The summed E-state index contributed by atoms with van der Waals surface area (Å²) in [4.78, 5) is 0. The highest BCUT2D eigenvalue weighted by Gasteiger charge is 2.39. The summed E-state index contributed by atoms with van der Waals surface area (Å²) in [6, 6.07) is 17.0. The average Bonchev–Trinajstić information content (AvgIpc) is 0.792. The predicted octanol–water partition coefficient (Wildman–Crippen LogP) is 36.5. The van der Waals surface area contributed by atoms with Crippen molar-refractivity contribution in [1.82, 2.24) is 0 Å². The molecule has 0 heterocycles. The molecule has 8 fully saturated rings. The second-order valence-corrected chi connectivity index (χ2v) is 39.7. The number of hydrogen-bond acceptors (Lipinski definition) is 0. The number of benzene rings is 8. The van der Waals surface area contributed by atoms with E-state index in [1.54, 1.807) is 0 Å². The van der Waals surface area contributed by atoms with Gasteiger partial charge in [-0.05, 0) is 342 Å². The lowest BCUT2D eigenvalue weighted by Crippen LogP contribution is -2.25. The molecule has 0 unspecified atom stereocenters. The fraction of sp³-hybridized carbons (Fsp3) is 0.564. The number of rotatable bonds is 22. The Kier molecular flexibility index (Phi) is 35.7. The predicted molar refractivity (Wildman–Crippen MR) is 476 cm³/mol. The quantitative estimate of drug-likeness (QED) is 0.0360. The van der Waals surface area contributed by atoms with Crippen LogP contribution in [0.25, 0.3) is 44.5 Å². The second kappa shape index (κ2) is 46.5. The molecule has 8 aliphatic carbocycles. The molecular weight excluding hydrogens is 1700 g/mol. The Morgan fingerprint density at radius 2 is 0.377 bits per heavy atom. The van der Waals surface area contributed by atoms with Crippen LogP contribution in [0.2, 0.25) is 0 Å². The van der Waals surface area contributed by atoms with Gasteiger partial charge >= 0.3 is 0 Å². The summed E-state index contributed by atoms with van der Waals surface area (Å²) in [5, 5.41) is 0. The highest BCUT2D eigenvalue weighted by atomic mass is 19.2. The van der Waals surface area contributed by atoms with E-state index in [1.165, 1.54) is 215 Å². The molecule has 0 atom stereocenters. The van der Waals surface area contributed by atoms with Crippen molar-refractivity contribution in [2.75, 3.05) is 0 Å². The highest BCUT2D eigenvalue weighted by molar-refractivity contribution is 5.68. The molecule has 8 aromatic carbocycles. The van der Waals surface area contributed by atoms with Crippen molar-refractivity contribution in [3.05, 3.63) is 236 Å². The molecule has 8 aromatic rings. The van der Waals surface area contributed by atoms with Crippen molar-refractivity contribution in [1.29, 1.82) is 0 Å². The van der Waals surface area contributed by atoms with Crippen LogP contribution >= 0.6 is 0 Å². The number of hydrogen-bond donors (Lipinski definition) is 0. The van der Waals surface area contributed by atoms with Crippen LogP contribution in [0.3, 0.4) is 0 Å². The van der Waals surface area contributed by atoms with E-state index in [2.05, 4.69) is 27.7 Å². The molecule has 0 aromatic heterocycles. The molecule has 0 nitrogen and oxygen atoms in total. The molecule has 0 amide bonds. The Hall–Kier alpha value is -7.64. The van der Waals surface area contributed by atoms with Crippen molar-refractivity contribution in [3.8, 4) is 44.5 Å². The lowest BCUT2D eigenvalue weighted by Gasteiger charge is -2.38. The fourth-order valence-electron chi connectivity index (χ4n) is 24.4. The smallest absolute Gasteiger partial charge is 0.194 e. The minimum Gasteiger partial charge on any atom is -0.204 e. The van der Waals surface area contributed by atoms with E-state index >= 15 is 0 Å². The summed E-state index contributed by atoms with van der Waals surface area (Å²) in [5.41, 5.74) is -0.577. The Morgan fingerprint density at radius 3 is 0.577 bits per heavy atom. The van der Waals surface area contributed by atoms with Gasteiger partial charge in [-0.3, -0.25) is 0 Å². The summed E-state index contributed by atoms with van der Waals surface area (Å²) in [6.45, 7) is 9.00. The van der Waals surface area contributed by atoms with Gasteiger partial charge in [0.05, 0.1) is 0 Å². The van der Waals surface area contributed by atoms with Crippen LogP contribution in [0.15, 0.2) is 97.1 Å². The van der Waals surface area contributed by atoms with E-state index in [0.717, 1.165) is 150 Å². The van der Waals surface area contributed by atoms with Crippen LogP contribution in [0.5, 0.6) is 0 Å². The molecule has 0 spiro atoms. The molecule has 130 heavy (non-hydrogen) atoms. The first-order valence-electron chi connectivity index (χ1n) is 49.1. The first kappa shape index (κ1) is 99.8. The molecule has 0 bridgehead atoms. The van der Waals surface area contributed by atoms with Crippen LogP contribution < -0.4 is 0 Å². The summed E-state index contributed by atoms with van der Waals surface area (Å²) in [7, 11) is 0. The standard InChI is InChI=1S/C29H35F5.C28H33F5.C27H31F5.C26H29F5/c1-2-3-4-5-18-6-8-19(9-7-18)20-10-12-21(13-11-20)23-14-15-24(28(33)27(23)32)22-16-25(30)29(34)26(31)17-22;1-2-3-4-17-5-7-18(8-6-17)19-9-11-20(12-10-19)22-13-14-23(27(32)26(22)31)21-15-24(29)28(33)25(30)16-21;1-2-3-16-4-6-17(7-5-16)18-8-10-19(11-9-18)21-12-13-22(26(31)25(21)30)20-14-23(28)27(32)24(29)15-20;1-2-15-3-5-16(6-4-15)17-7-9-18(10-8-17)20-11-12-21(25(30)24(20)29)19-13-22(27)26(31)23(28)14-19/h14-21H,2-13H2,1H3;13-20H,2-12H2,1H3;12-19H,2-11H2,1H3;11-18H,2-10H2,1H3. The van der Waals surface area contributed by atoms with Gasteiger partial charge in [0.1, 0.15) is 0 Å². The summed E-state index contributed by atoms with van der Waals surface area (Å²) in [5.74, 6) is -17.2. The molecule has 0 radical (unpaired) electrons. The highest BCUT2D eigenvalue weighted by Crippen LogP contribution is 2.52. The molecule has 0 aliphatic heterocycles. The molecule has 0 saturated heterocycles. The lowest BCUT2D eigenvalue weighted by atomic mass is 9.68. The molecule has 20 heteroatoms. The molecule has 8 aliphatic rings. The molecule has 0 N–H and O–H groups in total. The van der Waals surface area contributed by atoms with Crippen molar-refractivity contribution in [3.63, 3.8) is 0 Å². The zero-order valence-corrected chi connectivity index (χ0v) is 75.7. The van der Waals surface area contributed by atoms with Gasteiger partial charge in [-0.25, -0.2) is 87.8 Å². The van der Waals surface area contributed by atoms with Gasteiger partial charge in [-0.15, -0.1) is 0 Å². The fourth-order valence-corrected chi connectivity index (χ4v) is 24.4. The number of unbranched alkanes of at least 4 members (excludes halogenated alkanes) is 3. The summed E-state index contributed by atoms with van der Waals surface area (Å²) >= 11 is 0. The Bertz CT molecular complexity index is 4940. The molecule has 8 saturated carbocycles. The van der Waals surface area contributed by atoms with E-state index in [4.69, 9.17) is 0 Å². The van der Waals surface area contributed by atoms with Crippen LogP contribution in [0.4, 0.5) is 87.8 Å². The van der Waals surface area contributed by atoms with Gasteiger partial charge in [0.2, 0.25) is 0 Å². The summed E-state index contributed by atoms with van der Waals surface area (Å²) < 4.78 is 280. The zero-order chi connectivity index (χ0) is 92.7. The van der Waals surface area contributed by atoms with Crippen molar-refractivity contribution < 1.29 is 87.8 Å². The first-order chi connectivity index (χ1) is 62.5. The van der Waals surface area contributed by atoms with Gasteiger partial charge < -0.3 is 0 Å². The van der Waals surface area contributed by atoms with Crippen molar-refractivity contribution in [2.45, 2.75) is 321 Å². The van der Waals surface area contributed by atoms with E-state index < -0.39 is 116 Å². The number of halogens is 20. The van der Waals surface area contributed by atoms with E-state index in [9.17, 15) is 87.8 Å². The average molecular weight is 1830 g/mol. The Balaban J connectivity index is 0.000000148.